The fourth-order valence-corrected chi connectivity index (χ4v) is 2.03. The molecule has 0 saturated carbocycles. The lowest BCUT2D eigenvalue weighted by Crippen LogP contribution is -2.09. The van der Waals surface area contributed by atoms with Gasteiger partial charge < -0.3 is 10.5 Å². The van der Waals surface area contributed by atoms with Crippen LogP contribution in [0.3, 0.4) is 0 Å². The lowest BCUT2D eigenvalue weighted by Gasteiger charge is -2.15. The van der Waals surface area contributed by atoms with E-state index < -0.39 is 16.8 Å². The van der Waals surface area contributed by atoms with Crippen LogP contribution in [0.5, 0.6) is 11.5 Å². The van der Waals surface area contributed by atoms with E-state index in [4.69, 9.17) is 10.5 Å². The first kappa shape index (κ1) is 14.9. The summed E-state index contributed by atoms with van der Waals surface area (Å²) in [7, 11) is 0. The van der Waals surface area contributed by atoms with Crippen molar-refractivity contribution in [1.82, 2.24) is 0 Å². The van der Waals surface area contributed by atoms with Gasteiger partial charge in [-0.25, -0.2) is 4.39 Å². The molecule has 1 atom stereocenters. The zero-order valence-electron chi connectivity index (χ0n) is 11.7. The molecule has 0 saturated heterocycles. The van der Waals surface area contributed by atoms with Crippen molar-refractivity contribution < 1.29 is 14.1 Å². The predicted octanol–water partition coefficient (Wildman–Crippen LogP) is 3.85. The van der Waals surface area contributed by atoms with Crippen molar-refractivity contribution in [2.75, 3.05) is 0 Å². The monoisotopic (exact) mass is 290 g/mol. The van der Waals surface area contributed by atoms with Crippen molar-refractivity contribution in [2.45, 2.75) is 19.9 Å². The molecular weight excluding hydrogens is 275 g/mol. The molecule has 110 valence electrons. The number of non-ortho nitro benzene ring substituents is 1. The predicted molar refractivity (Wildman–Crippen MR) is 76.9 cm³/mol. The molecule has 2 aromatic carbocycles. The molecule has 0 radical (unpaired) electrons. The number of nitrogens with two attached hydrogens (primary N) is 1. The molecule has 0 aromatic heterocycles. The van der Waals surface area contributed by atoms with Gasteiger partial charge in [-0.1, -0.05) is 6.07 Å². The molecule has 2 rings (SSSR count). The van der Waals surface area contributed by atoms with Crippen LogP contribution in [0.25, 0.3) is 0 Å². The van der Waals surface area contributed by atoms with Gasteiger partial charge in [-0.2, -0.15) is 0 Å². The molecule has 0 amide bonds. The Kier molecular flexibility index (Phi) is 4.18. The van der Waals surface area contributed by atoms with Crippen LogP contribution in [-0.2, 0) is 0 Å². The molecule has 0 aliphatic carbocycles. The van der Waals surface area contributed by atoms with Crippen LogP contribution in [0.4, 0.5) is 10.1 Å². The second-order valence-electron chi connectivity index (χ2n) is 4.75. The summed E-state index contributed by atoms with van der Waals surface area (Å²) in [6, 6.07) is 8.16. The maximum Gasteiger partial charge on any atom is 0.269 e. The van der Waals surface area contributed by atoms with E-state index in [1.54, 1.807) is 19.9 Å². The van der Waals surface area contributed by atoms with E-state index in [1.165, 1.54) is 30.3 Å². The van der Waals surface area contributed by atoms with E-state index in [0.29, 0.717) is 17.1 Å². The van der Waals surface area contributed by atoms with Gasteiger partial charge in [0, 0.05) is 23.7 Å². The Bertz CT molecular complexity index is 687. The summed E-state index contributed by atoms with van der Waals surface area (Å²) >= 11 is 0. The lowest BCUT2D eigenvalue weighted by molar-refractivity contribution is -0.384. The number of aryl methyl sites for hydroxylation is 1. The SMILES string of the molecule is Cc1cc([N+](=O)[O-])ccc1Oc1cccc(F)c1[C@@H](C)N. The average molecular weight is 290 g/mol. The fourth-order valence-electron chi connectivity index (χ4n) is 2.03. The van der Waals surface area contributed by atoms with Gasteiger partial charge in [-0.3, -0.25) is 10.1 Å². The summed E-state index contributed by atoms with van der Waals surface area (Å²) in [4.78, 5) is 10.2. The quantitative estimate of drug-likeness (QED) is 0.685. The number of nitrogens with zero attached hydrogens (tertiary/aromatic N) is 1. The second kappa shape index (κ2) is 5.88. The van der Waals surface area contributed by atoms with Crippen molar-refractivity contribution in [3.8, 4) is 11.5 Å². The van der Waals surface area contributed by atoms with Gasteiger partial charge in [0.25, 0.3) is 5.69 Å². The van der Waals surface area contributed by atoms with E-state index >= 15 is 0 Å². The Balaban J connectivity index is 2.39. The summed E-state index contributed by atoms with van der Waals surface area (Å²) in [5.74, 6) is 0.289. The zero-order chi connectivity index (χ0) is 15.6. The van der Waals surface area contributed by atoms with Gasteiger partial charge >= 0.3 is 0 Å². The molecule has 0 spiro atoms. The van der Waals surface area contributed by atoms with Gasteiger partial charge in [-0.05, 0) is 37.6 Å². The summed E-state index contributed by atoms with van der Waals surface area (Å²) in [5, 5.41) is 10.7. The number of ether oxygens (including phenoxy) is 1. The molecule has 6 heteroatoms. The summed E-state index contributed by atoms with van der Waals surface area (Å²) in [6.45, 7) is 3.35. The zero-order valence-corrected chi connectivity index (χ0v) is 11.7. The number of hydrogen-bond acceptors (Lipinski definition) is 4. The third kappa shape index (κ3) is 3.17. The molecule has 0 aliphatic heterocycles. The fraction of sp³-hybridized carbons (Fsp3) is 0.200. The molecule has 5 nitrogen and oxygen atoms in total. The summed E-state index contributed by atoms with van der Waals surface area (Å²) in [6.07, 6.45) is 0. The Morgan fingerprint density at radius 3 is 2.57 bits per heavy atom. The smallest absolute Gasteiger partial charge is 0.269 e. The van der Waals surface area contributed by atoms with Crippen LogP contribution >= 0.6 is 0 Å². The van der Waals surface area contributed by atoms with Crippen molar-refractivity contribution in [3.05, 3.63) is 63.5 Å². The number of nitro groups is 1. The van der Waals surface area contributed by atoms with Crippen molar-refractivity contribution in [1.29, 1.82) is 0 Å². The van der Waals surface area contributed by atoms with E-state index in [9.17, 15) is 14.5 Å². The molecule has 0 bridgehead atoms. The number of benzene rings is 2. The van der Waals surface area contributed by atoms with E-state index in [1.807, 2.05) is 0 Å². The average Bonchev–Trinajstić information content (AvgIpc) is 2.40. The van der Waals surface area contributed by atoms with Crippen molar-refractivity contribution in [3.63, 3.8) is 0 Å². The van der Waals surface area contributed by atoms with Crippen LogP contribution in [0.15, 0.2) is 36.4 Å². The highest BCUT2D eigenvalue weighted by molar-refractivity contribution is 5.47. The maximum atomic E-state index is 13.8. The first-order valence-electron chi connectivity index (χ1n) is 6.37. The number of halogens is 1. The van der Waals surface area contributed by atoms with Crippen LogP contribution in [0.2, 0.25) is 0 Å². The van der Waals surface area contributed by atoms with Crippen LogP contribution in [0.1, 0.15) is 24.1 Å². The lowest BCUT2D eigenvalue weighted by atomic mass is 10.1. The minimum atomic E-state index is -0.528. The molecule has 0 heterocycles. The van der Waals surface area contributed by atoms with Gasteiger partial charge in [-0.15, -0.1) is 0 Å². The Hall–Kier alpha value is -2.47. The first-order chi connectivity index (χ1) is 9.90. The summed E-state index contributed by atoms with van der Waals surface area (Å²) in [5.41, 5.74) is 6.60. The highest BCUT2D eigenvalue weighted by Gasteiger charge is 2.16. The largest absolute Gasteiger partial charge is 0.457 e. The molecular formula is C15H15FN2O3. The Morgan fingerprint density at radius 2 is 2.00 bits per heavy atom. The van der Waals surface area contributed by atoms with Crippen LogP contribution in [0, 0.1) is 22.9 Å². The first-order valence-corrected chi connectivity index (χ1v) is 6.37. The Labute approximate surface area is 121 Å². The van der Waals surface area contributed by atoms with E-state index in [2.05, 4.69) is 0 Å². The van der Waals surface area contributed by atoms with Gasteiger partial charge in [0.1, 0.15) is 17.3 Å². The molecule has 0 unspecified atom stereocenters. The van der Waals surface area contributed by atoms with Crippen LogP contribution < -0.4 is 10.5 Å². The van der Waals surface area contributed by atoms with Crippen LogP contribution in [-0.4, -0.2) is 4.92 Å². The Morgan fingerprint density at radius 1 is 1.29 bits per heavy atom. The standard InChI is InChI=1S/C15H15FN2O3/c1-9-8-11(18(19)20)6-7-13(9)21-14-5-3-4-12(16)15(14)10(2)17/h3-8,10H,17H2,1-2H3/t10-/m1/s1. The minimum Gasteiger partial charge on any atom is -0.457 e. The van der Waals surface area contributed by atoms with Crippen molar-refractivity contribution in [2.24, 2.45) is 5.73 Å². The highest BCUT2D eigenvalue weighted by atomic mass is 19.1. The number of nitro benzene ring substituents is 1. The number of hydrogen-bond donors (Lipinski definition) is 1. The minimum absolute atomic E-state index is 0.0218. The summed E-state index contributed by atoms with van der Waals surface area (Å²) < 4.78 is 19.5. The van der Waals surface area contributed by atoms with Gasteiger partial charge in [0.2, 0.25) is 0 Å². The van der Waals surface area contributed by atoms with Gasteiger partial charge in [0.05, 0.1) is 4.92 Å². The van der Waals surface area contributed by atoms with E-state index in [0.717, 1.165) is 0 Å². The molecule has 2 aromatic rings. The maximum absolute atomic E-state index is 13.8. The normalized spacial score (nSPS) is 12.0. The van der Waals surface area contributed by atoms with Gasteiger partial charge in [0.15, 0.2) is 0 Å². The third-order valence-corrected chi connectivity index (χ3v) is 3.06. The third-order valence-electron chi connectivity index (χ3n) is 3.06. The topological polar surface area (TPSA) is 78.4 Å². The van der Waals surface area contributed by atoms with E-state index in [-0.39, 0.29) is 11.3 Å². The highest BCUT2D eigenvalue weighted by Crippen LogP contribution is 2.33. The second-order valence-corrected chi connectivity index (χ2v) is 4.75. The molecule has 0 aliphatic rings. The molecule has 2 N–H and O–H groups in total. The van der Waals surface area contributed by atoms with Crippen molar-refractivity contribution >= 4 is 5.69 Å². The number of rotatable bonds is 4. The molecule has 0 fully saturated rings. The molecule has 21 heavy (non-hydrogen) atoms.